The highest BCUT2D eigenvalue weighted by atomic mass is 16.5. The van der Waals surface area contributed by atoms with Crippen LogP contribution in [0.15, 0.2) is 54.6 Å². The van der Waals surface area contributed by atoms with E-state index < -0.39 is 0 Å². The Labute approximate surface area is 127 Å². The van der Waals surface area contributed by atoms with Crippen molar-refractivity contribution in [1.82, 2.24) is 4.90 Å². The van der Waals surface area contributed by atoms with Crippen LogP contribution in [0.5, 0.6) is 5.75 Å². The summed E-state index contributed by atoms with van der Waals surface area (Å²) in [7, 11) is 0. The summed E-state index contributed by atoms with van der Waals surface area (Å²) in [6.07, 6.45) is 1.05. The average Bonchev–Trinajstić information content (AvgIpc) is 2.48. The quantitative estimate of drug-likeness (QED) is 0.820. The fourth-order valence-electron chi connectivity index (χ4n) is 2.93. The lowest BCUT2D eigenvalue weighted by Gasteiger charge is -2.49. The van der Waals surface area contributed by atoms with E-state index in [9.17, 15) is 0 Å². The summed E-state index contributed by atoms with van der Waals surface area (Å²) in [6, 6.07) is 19.0. The van der Waals surface area contributed by atoms with E-state index in [1.54, 1.807) is 0 Å². The molecule has 3 rings (SSSR count). The van der Waals surface area contributed by atoms with Gasteiger partial charge in [0.25, 0.3) is 0 Å². The number of para-hydroxylation sites is 1. The van der Waals surface area contributed by atoms with Gasteiger partial charge in [-0.15, -0.1) is 0 Å². The van der Waals surface area contributed by atoms with Crippen LogP contribution in [0.2, 0.25) is 0 Å². The van der Waals surface area contributed by atoms with Crippen molar-refractivity contribution < 1.29 is 4.74 Å². The monoisotopic (exact) mass is 281 g/mol. The van der Waals surface area contributed by atoms with E-state index in [0.717, 1.165) is 31.8 Å². The second-order valence-electron chi connectivity index (χ2n) is 6.08. The highest BCUT2D eigenvalue weighted by molar-refractivity contribution is 5.24. The van der Waals surface area contributed by atoms with Gasteiger partial charge in [-0.3, -0.25) is 4.90 Å². The molecular weight excluding hydrogens is 258 g/mol. The predicted molar refractivity (Wildman–Crippen MR) is 86.5 cm³/mol. The van der Waals surface area contributed by atoms with Gasteiger partial charge in [0, 0.05) is 19.6 Å². The summed E-state index contributed by atoms with van der Waals surface area (Å²) >= 11 is 0. The maximum Gasteiger partial charge on any atom is 0.134 e. The molecule has 0 amide bonds. The van der Waals surface area contributed by atoms with Crippen LogP contribution in [0.4, 0.5) is 0 Å². The molecule has 1 heterocycles. The van der Waals surface area contributed by atoms with Crippen LogP contribution < -0.4 is 4.74 Å². The summed E-state index contributed by atoms with van der Waals surface area (Å²) in [4.78, 5) is 2.46. The van der Waals surface area contributed by atoms with E-state index in [1.165, 1.54) is 11.1 Å². The molecule has 1 aliphatic heterocycles. The average molecular weight is 281 g/mol. The van der Waals surface area contributed by atoms with Gasteiger partial charge in [-0.1, -0.05) is 55.0 Å². The smallest absolute Gasteiger partial charge is 0.134 e. The molecule has 0 unspecified atom stereocenters. The topological polar surface area (TPSA) is 12.5 Å². The van der Waals surface area contributed by atoms with Gasteiger partial charge in [-0.2, -0.15) is 0 Å². The SMILES string of the molecule is CCC1(Oc2ccccc2)CN(Cc2ccc(C)cc2)C1. The molecule has 0 spiro atoms. The molecular formula is C19H23NO. The van der Waals surface area contributed by atoms with Crippen molar-refractivity contribution >= 4 is 0 Å². The lowest BCUT2D eigenvalue weighted by molar-refractivity contribution is -0.0834. The Morgan fingerprint density at radius 2 is 1.67 bits per heavy atom. The molecule has 21 heavy (non-hydrogen) atoms. The summed E-state index contributed by atoms with van der Waals surface area (Å²) in [6.45, 7) is 7.37. The normalized spacial score (nSPS) is 17.2. The molecule has 2 aromatic carbocycles. The van der Waals surface area contributed by atoms with Crippen LogP contribution in [0.1, 0.15) is 24.5 Å². The second kappa shape index (κ2) is 5.90. The van der Waals surface area contributed by atoms with E-state index in [-0.39, 0.29) is 5.60 Å². The van der Waals surface area contributed by atoms with Gasteiger partial charge >= 0.3 is 0 Å². The van der Waals surface area contributed by atoms with Crippen molar-refractivity contribution in [2.24, 2.45) is 0 Å². The minimum absolute atomic E-state index is 0.00789. The van der Waals surface area contributed by atoms with Crippen molar-refractivity contribution in [3.63, 3.8) is 0 Å². The van der Waals surface area contributed by atoms with Crippen molar-refractivity contribution in [2.75, 3.05) is 13.1 Å². The van der Waals surface area contributed by atoms with Crippen LogP contribution in [0.25, 0.3) is 0 Å². The van der Waals surface area contributed by atoms with Gasteiger partial charge in [0.15, 0.2) is 0 Å². The molecule has 0 bridgehead atoms. The van der Waals surface area contributed by atoms with Gasteiger partial charge in [-0.25, -0.2) is 0 Å². The number of hydrogen-bond acceptors (Lipinski definition) is 2. The first kappa shape index (κ1) is 14.2. The van der Waals surface area contributed by atoms with Crippen LogP contribution in [-0.2, 0) is 6.54 Å². The molecule has 1 fully saturated rings. The van der Waals surface area contributed by atoms with E-state index >= 15 is 0 Å². The summed E-state index contributed by atoms with van der Waals surface area (Å²) in [5.74, 6) is 0.981. The van der Waals surface area contributed by atoms with E-state index in [4.69, 9.17) is 4.74 Å². The standard InChI is InChI=1S/C19H23NO/c1-3-19(21-18-7-5-4-6-8-18)14-20(15-19)13-17-11-9-16(2)10-12-17/h4-12H,3,13-15H2,1-2H3. The zero-order chi connectivity index (χ0) is 14.7. The molecule has 0 aliphatic carbocycles. The Kier molecular flexibility index (Phi) is 3.98. The number of likely N-dealkylation sites (tertiary alicyclic amines) is 1. The van der Waals surface area contributed by atoms with Gasteiger partial charge in [0.1, 0.15) is 11.4 Å². The first-order chi connectivity index (χ1) is 10.2. The molecule has 2 nitrogen and oxygen atoms in total. The van der Waals surface area contributed by atoms with Gasteiger partial charge in [0.2, 0.25) is 0 Å². The maximum absolute atomic E-state index is 6.23. The van der Waals surface area contributed by atoms with Crippen LogP contribution in [-0.4, -0.2) is 23.6 Å². The minimum Gasteiger partial charge on any atom is -0.485 e. The van der Waals surface area contributed by atoms with Crippen molar-refractivity contribution in [3.05, 3.63) is 65.7 Å². The largest absolute Gasteiger partial charge is 0.485 e. The Hall–Kier alpha value is -1.80. The van der Waals surface area contributed by atoms with E-state index in [2.05, 4.69) is 43.0 Å². The van der Waals surface area contributed by atoms with E-state index in [1.807, 2.05) is 30.3 Å². The number of hydrogen-bond donors (Lipinski definition) is 0. The third kappa shape index (κ3) is 3.27. The highest BCUT2D eigenvalue weighted by Gasteiger charge is 2.43. The Morgan fingerprint density at radius 3 is 2.29 bits per heavy atom. The molecule has 1 saturated heterocycles. The number of benzene rings is 2. The van der Waals surface area contributed by atoms with Crippen molar-refractivity contribution in [2.45, 2.75) is 32.4 Å². The predicted octanol–water partition coefficient (Wildman–Crippen LogP) is 4.04. The second-order valence-corrected chi connectivity index (χ2v) is 6.08. The number of aryl methyl sites for hydroxylation is 1. The van der Waals surface area contributed by atoms with Crippen LogP contribution in [0.3, 0.4) is 0 Å². The zero-order valence-electron chi connectivity index (χ0n) is 12.9. The molecule has 2 heteroatoms. The third-order valence-corrected chi connectivity index (χ3v) is 4.27. The Bertz CT molecular complexity index is 570. The Balaban J connectivity index is 1.58. The molecule has 0 aromatic heterocycles. The lowest BCUT2D eigenvalue weighted by atomic mass is 9.90. The lowest BCUT2D eigenvalue weighted by Crippen LogP contribution is -2.64. The molecule has 0 saturated carbocycles. The highest BCUT2D eigenvalue weighted by Crippen LogP contribution is 2.31. The minimum atomic E-state index is -0.00789. The summed E-state index contributed by atoms with van der Waals surface area (Å²) < 4.78 is 6.23. The number of nitrogens with zero attached hydrogens (tertiary/aromatic N) is 1. The van der Waals surface area contributed by atoms with Gasteiger partial charge < -0.3 is 4.74 Å². The number of ether oxygens (including phenoxy) is 1. The van der Waals surface area contributed by atoms with Gasteiger partial charge in [0.05, 0.1) is 0 Å². The maximum atomic E-state index is 6.23. The van der Waals surface area contributed by atoms with Crippen LogP contribution >= 0.6 is 0 Å². The molecule has 110 valence electrons. The van der Waals surface area contributed by atoms with Crippen molar-refractivity contribution in [3.8, 4) is 5.75 Å². The zero-order valence-corrected chi connectivity index (χ0v) is 12.9. The molecule has 0 radical (unpaired) electrons. The first-order valence-electron chi connectivity index (χ1n) is 7.71. The molecule has 0 N–H and O–H groups in total. The molecule has 1 aliphatic rings. The first-order valence-corrected chi connectivity index (χ1v) is 7.71. The van der Waals surface area contributed by atoms with Crippen molar-refractivity contribution in [1.29, 1.82) is 0 Å². The molecule has 0 atom stereocenters. The summed E-state index contributed by atoms with van der Waals surface area (Å²) in [5.41, 5.74) is 2.69. The fraction of sp³-hybridized carbons (Fsp3) is 0.368. The number of rotatable bonds is 5. The van der Waals surface area contributed by atoms with Crippen LogP contribution in [0, 0.1) is 6.92 Å². The summed E-state index contributed by atoms with van der Waals surface area (Å²) in [5, 5.41) is 0. The van der Waals surface area contributed by atoms with Gasteiger partial charge in [-0.05, 0) is 31.0 Å². The fourth-order valence-corrected chi connectivity index (χ4v) is 2.93. The van der Waals surface area contributed by atoms with E-state index in [0.29, 0.717) is 0 Å². The third-order valence-electron chi connectivity index (χ3n) is 4.27. The molecule has 2 aromatic rings. The Morgan fingerprint density at radius 1 is 1.00 bits per heavy atom.